The highest BCUT2D eigenvalue weighted by Crippen LogP contribution is 1.93. The maximum absolute atomic E-state index is 2.21. The molecular weight excluding hydrogens is 171 g/mol. The van der Waals surface area contributed by atoms with Crippen LogP contribution >= 0.6 is 0 Å². The van der Waals surface area contributed by atoms with E-state index < -0.39 is 0 Å². The molecule has 2 aliphatic carbocycles. The van der Waals surface area contributed by atoms with Crippen molar-refractivity contribution in [2.75, 3.05) is 0 Å². The summed E-state index contributed by atoms with van der Waals surface area (Å²) >= 11 is 0.750. The Hall–Kier alpha value is -0.508. The van der Waals surface area contributed by atoms with Gasteiger partial charge in [-0.05, 0) is 12.8 Å². The minimum Gasteiger partial charge on any atom is -0.115 e. The summed E-state index contributed by atoms with van der Waals surface area (Å²) in [4.78, 5) is 0. The minimum atomic E-state index is 0.750. The van der Waals surface area contributed by atoms with Gasteiger partial charge in [0.1, 0.15) is 0 Å². The first-order valence-electron chi connectivity index (χ1n) is 4.79. The van der Waals surface area contributed by atoms with E-state index in [1.54, 1.807) is 0 Å². The van der Waals surface area contributed by atoms with E-state index in [2.05, 4.69) is 60.2 Å². The highest BCUT2D eigenvalue weighted by Gasteiger charge is 1.72. The summed E-state index contributed by atoms with van der Waals surface area (Å²) < 4.78 is 0. The van der Waals surface area contributed by atoms with Gasteiger partial charge in [-0.3, -0.25) is 0 Å². The summed E-state index contributed by atoms with van der Waals surface area (Å²) in [7, 11) is 0. The number of hydrogen-bond donors (Lipinski definition) is 0. The van der Waals surface area contributed by atoms with Crippen molar-refractivity contribution in [2.45, 2.75) is 24.4 Å². The maximum atomic E-state index is 2.21. The van der Waals surface area contributed by atoms with E-state index in [-0.39, 0.29) is 0 Å². The second-order valence-corrected chi connectivity index (χ2v) is 3.92. The normalized spacial score (nSPS) is 14.6. The highest BCUT2D eigenvalue weighted by molar-refractivity contribution is 6.31. The van der Waals surface area contributed by atoms with E-state index in [4.69, 9.17) is 0 Å². The second kappa shape index (κ2) is 11.5. The molecule has 0 nitrogen and oxygen atoms in total. The van der Waals surface area contributed by atoms with Gasteiger partial charge in [0.15, 0.2) is 15.2 Å². The predicted molar refractivity (Wildman–Crippen MR) is 63.3 cm³/mol. The van der Waals surface area contributed by atoms with Gasteiger partial charge in [0, 0.05) is 0 Å². The van der Waals surface area contributed by atoms with Gasteiger partial charge in [-0.1, -0.05) is 48.6 Å². The van der Waals surface area contributed by atoms with Crippen LogP contribution in [0.3, 0.4) is 0 Å². The lowest BCUT2D eigenvalue weighted by molar-refractivity contribution is 1.45. The lowest BCUT2D eigenvalue weighted by atomic mass is 10.5. The summed E-state index contributed by atoms with van der Waals surface area (Å²) in [6.07, 6.45) is 19.0. The Morgan fingerprint density at radius 1 is 0.692 bits per heavy atom. The van der Waals surface area contributed by atoms with E-state index in [1.807, 2.05) is 0 Å². The van der Waals surface area contributed by atoms with E-state index in [0.29, 0.717) is 0 Å². The van der Waals surface area contributed by atoms with E-state index in [9.17, 15) is 0 Å². The lowest BCUT2D eigenvalue weighted by Gasteiger charge is -1.57. The quantitative estimate of drug-likeness (QED) is 0.508. The molecule has 0 N–H and O–H groups in total. The molecule has 0 spiro atoms. The smallest absolute Gasteiger partial charge is 0.115 e. The van der Waals surface area contributed by atoms with Gasteiger partial charge in [-0.2, -0.15) is 0 Å². The second-order valence-electron chi connectivity index (χ2n) is 2.76. The lowest BCUT2D eigenvalue weighted by Crippen LogP contribution is -1.53. The molecule has 1 radical (unpaired) electrons. The highest BCUT2D eigenvalue weighted by atomic mass is 27.1. The molecule has 0 saturated heterocycles. The fourth-order valence-electron chi connectivity index (χ4n) is 0.786. The Labute approximate surface area is 88.5 Å². The zero-order valence-corrected chi connectivity index (χ0v) is 9.77. The SMILES string of the molecule is C1=CCC=C1.C1=CCC=C1.[CH3][Al][CH3]. The minimum absolute atomic E-state index is 0.750. The van der Waals surface area contributed by atoms with E-state index in [1.165, 1.54) is 0 Å². The van der Waals surface area contributed by atoms with Crippen LogP contribution < -0.4 is 0 Å². The van der Waals surface area contributed by atoms with Crippen LogP contribution in [0.5, 0.6) is 0 Å². The van der Waals surface area contributed by atoms with Crippen LogP contribution in [0.15, 0.2) is 48.6 Å². The molecule has 69 valence electrons. The van der Waals surface area contributed by atoms with Gasteiger partial charge in [0.2, 0.25) is 0 Å². The Morgan fingerprint density at radius 2 is 0.923 bits per heavy atom. The third-order valence-corrected chi connectivity index (χ3v) is 1.31. The average Bonchev–Trinajstić information content (AvgIpc) is 2.85. The molecule has 0 aromatic rings. The molecule has 2 rings (SSSR count). The van der Waals surface area contributed by atoms with Gasteiger partial charge >= 0.3 is 0 Å². The van der Waals surface area contributed by atoms with Gasteiger partial charge in [0.25, 0.3) is 0 Å². The van der Waals surface area contributed by atoms with Gasteiger partial charge < -0.3 is 0 Å². The zero-order valence-electron chi connectivity index (χ0n) is 8.61. The van der Waals surface area contributed by atoms with Crippen molar-refractivity contribution < 1.29 is 0 Å². The predicted octanol–water partition coefficient (Wildman–Crippen LogP) is 3.79. The Balaban J connectivity index is 0.000000174. The first-order chi connectivity index (χ1) is 6.41. The Morgan fingerprint density at radius 3 is 1.00 bits per heavy atom. The van der Waals surface area contributed by atoms with Gasteiger partial charge in [0.05, 0.1) is 0 Å². The molecule has 0 aromatic carbocycles. The van der Waals surface area contributed by atoms with Crippen molar-refractivity contribution in [3.05, 3.63) is 48.6 Å². The van der Waals surface area contributed by atoms with Crippen molar-refractivity contribution in [3.8, 4) is 0 Å². The van der Waals surface area contributed by atoms with Crippen LogP contribution in [0.2, 0.25) is 11.6 Å². The summed E-state index contributed by atoms with van der Waals surface area (Å²) in [5.74, 6) is 4.42. The first-order valence-corrected chi connectivity index (χ1v) is 7.10. The fraction of sp³-hybridized carbons (Fsp3) is 0.333. The molecule has 0 unspecified atom stereocenters. The Bertz CT molecular complexity index is 155. The van der Waals surface area contributed by atoms with Crippen LogP contribution in [0.1, 0.15) is 12.8 Å². The standard InChI is InChI=1S/2C5H6.2CH3.Al/c2*1-2-4-5-3-1;;;/h2*1-4H,5H2;2*1H3;. The van der Waals surface area contributed by atoms with Crippen molar-refractivity contribution in [3.63, 3.8) is 0 Å². The summed E-state index contributed by atoms with van der Waals surface area (Å²) in [5.41, 5.74) is 0. The van der Waals surface area contributed by atoms with Gasteiger partial charge in [-0.15, -0.1) is 11.6 Å². The average molecular weight is 189 g/mol. The Kier molecular flexibility index (Phi) is 11.0. The van der Waals surface area contributed by atoms with Crippen molar-refractivity contribution in [2.24, 2.45) is 0 Å². The topological polar surface area (TPSA) is 0 Å². The molecule has 0 amide bonds. The molecule has 0 heterocycles. The van der Waals surface area contributed by atoms with Crippen LogP contribution in [-0.4, -0.2) is 15.2 Å². The maximum Gasteiger partial charge on any atom is 0.191 e. The van der Waals surface area contributed by atoms with Gasteiger partial charge in [-0.25, -0.2) is 0 Å². The van der Waals surface area contributed by atoms with Crippen LogP contribution in [0, 0.1) is 0 Å². The van der Waals surface area contributed by atoms with Crippen molar-refractivity contribution in [1.82, 2.24) is 0 Å². The monoisotopic (exact) mass is 189 g/mol. The van der Waals surface area contributed by atoms with E-state index >= 15 is 0 Å². The molecule has 13 heavy (non-hydrogen) atoms. The number of rotatable bonds is 0. The number of allylic oxidation sites excluding steroid dienone is 8. The first kappa shape index (κ1) is 12.5. The van der Waals surface area contributed by atoms with Crippen molar-refractivity contribution >= 4 is 15.2 Å². The van der Waals surface area contributed by atoms with Crippen LogP contribution in [0.25, 0.3) is 0 Å². The van der Waals surface area contributed by atoms with Crippen LogP contribution in [-0.2, 0) is 0 Å². The van der Waals surface area contributed by atoms with Crippen LogP contribution in [0.4, 0.5) is 0 Å². The number of hydrogen-bond acceptors (Lipinski definition) is 0. The molecule has 0 fully saturated rings. The summed E-state index contributed by atoms with van der Waals surface area (Å²) in [5, 5.41) is 0. The molecule has 0 aliphatic heterocycles. The third kappa shape index (κ3) is 11.5. The molecule has 1 heteroatoms. The molecule has 2 aliphatic rings. The summed E-state index contributed by atoms with van der Waals surface area (Å²) in [6.45, 7) is 0. The molecule has 0 aromatic heterocycles. The zero-order chi connectivity index (χ0) is 9.78. The largest absolute Gasteiger partial charge is 0.191 e. The molecule has 0 bridgehead atoms. The van der Waals surface area contributed by atoms with E-state index in [0.717, 1.165) is 28.1 Å². The molecular formula is C12H18Al. The fourth-order valence-corrected chi connectivity index (χ4v) is 0.786. The van der Waals surface area contributed by atoms with Crippen molar-refractivity contribution in [1.29, 1.82) is 0 Å². The summed E-state index contributed by atoms with van der Waals surface area (Å²) in [6, 6.07) is 0. The third-order valence-electron chi connectivity index (χ3n) is 1.31. The molecule has 0 atom stereocenters. The molecule has 0 saturated carbocycles.